The number of ether oxygens (including phenoxy) is 1. The van der Waals surface area contributed by atoms with Crippen LogP contribution in [0.2, 0.25) is 0 Å². The van der Waals surface area contributed by atoms with E-state index in [0.29, 0.717) is 5.92 Å². The number of hydrogen-bond acceptors (Lipinski definition) is 3. The van der Waals surface area contributed by atoms with Gasteiger partial charge in [0.2, 0.25) is 5.91 Å². The topological polar surface area (TPSA) is 41.6 Å². The number of hydrogen-bond donors (Lipinski definition) is 1. The molecule has 4 nitrogen and oxygen atoms in total. The Labute approximate surface area is 120 Å². The van der Waals surface area contributed by atoms with Crippen LogP contribution in [-0.2, 0) is 9.53 Å². The number of nitrogens with one attached hydrogen (secondary N) is 1. The molecule has 0 saturated carbocycles. The Morgan fingerprint density at radius 3 is 2.85 bits per heavy atom. The molecule has 3 atom stereocenters. The highest BCUT2D eigenvalue weighted by atomic mass is 16.5. The number of carbonyl (C=O) groups is 1. The Kier molecular flexibility index (Phi) is 4.03. The third kappa shape index (κ3) is 2.72. The van der Waals surface area contributed by atoms with Gasteiger partial charge in [-0.15, -0.1) is 0 Å². The van der Waals surface area contributed by atoms with Gasteiger partial charge in [-0.05, 0) is 25.3 Å². The molecule has 0 bridgehead atoms. The molecule has 1 amide bonds. The van der Waals surface area contributed by atoms with E-state index in [0.717, 1.165) is 38.2 Å². The zero-order valence-electron chi connectivity index (χ0n) is 11.9. The monoisotopic (exact) mass is 274 g/mol. The first-order valence-electron chi connectivity index (χ1n) is 7.45. The summed E-state index contributed by atoms with van der Waals surface area (Å²) in [7, 11) is 0. The van der Waals surface area contributed by atoms with Crippen molar-refractivity contribution in [3.8, 4) is 0 Å². The van der Waals surface area contributed by atoms with Gasteiger partial charge in [0.15, 0.2) is 0 Å². The fourth-order valence-corrected chi connectivity index (χ4v) is 3.11. The van der Waals surface area contributed by atoms with Crippen molar-refractivity contribution in [2.75, 3.05) is 19.8 Å². The van der Waals surface area contributed by atoms with Gasteiger partial charge in [-0.3, -0.25) is 10.1 Å². The minimum absolute atomic E-state index is 0.000580. The summed E-state index contributed by atoms with van der Waals surface area (Å²) in [4.78, 5) is 14.4. The van der Waals surface area contributed by atoms with Crippen LogP contribution >= 0.6 is 0 Å². The summed E-state index contributed by atoms with van der Waals surface area (Å²) in [5.74, 6) is 0.662. The molecule has 2 aliphatic heterocycles. The average molecular weight is 274 g/mol. The zero-order chi connectivity index (χ0) is 13.9. The molecule has 3 rings (SSSR count). The van der Waals surface area contributed by atoms with Crippen molar-refractivity contribution in [2.24, 2.45) is 5.92 Å². The molecule has 0 aromatic heterocycles. The summed E-state index contributed by atoms with van der Waals surface area (Å²) in [5, 5.41) is 3.40. The quantitative estimate of drug-likeness (QED) is 0.916. The molecule has 2 aliphatic rings. The molecule has 1 N–H and O–H groups in total. The van der Waals surface area contributed by atoms with E-state index in [1.165, 1.54) is 0 Å². The van der Waals surface area contributed by atoms with Crippen molar-refractivity contribution >= 4 is 5.91 Å². The van der Waals surface area contributed by atoms with E-state index in [1.54, 1.807) is 0 Å². The van der Waals surface area contributed by atoms with Crippen molar-refractivity contribution < 1.29 is 9.53 Å². The highest BCUT2D eigenvalue weighted by Gasteiger charge is 2.38. The highest BCUT2D eigenvalue weighted by Crippen LogP contribution is 2.27. The molecule has 20 heavy (non-hydrogen) atoms. The Morgan fingerprint density at radius 2 is 2.15 bits per heavy atom. The molecule has 2 heterocycles. The van der Waals surface area contributed by atoms with Gasteiger partial charge in [0, 0.05) is 19.1 Å². The maximum Gasteiger partial charge on any atom is 0.241 e. The molecular formula is C16H22N2O2. The van der Waals surface area contributed by atoms with Crippen LogP contribution in [0.15, 0.2) is 30.3 Å². The highest BCUT2D eigenvalue weighted by molar-refractivity contribution is 5.84. The Hall–Kier alpha value is -1.39. The summed E-state index contributed by atoms with van der Waals surface area (Å²) in [5.41, 5.74) is 1.15. The van der Waals surface area contributed by atoms with Crippen molar-refractivity contribution in [2.45, 2.75) is 32.0 Å². The predicted molar refractivity (Wildman–Crippen MR) is 77.0 cm³/mol. The molecule has 2 saturated heterocycles. The van der Waals surface area contributed by atoms with E-state index in [2.05, 4.69) is 17.4 Å². The second kappa shape index (κ2) is 5.94. The van der Waals surface area contributed by atoms with Crippen molar-refractivity contribution in [3.63, 3.8) is 0 Å². The lowest BCUT2D eigenvalue weighted by molar-refractivity contribution is -0.131. The lowest BCUT2D eigenvalue weighted by Crippen LogP contribution is -2.37. The number of amides is 1. The third-order valence-corrected chi connectivity index (χ3v) is 4.20. The summed E-state index contributed by atoms with van der Waals surface area (Å²) in [6.45, 7) is 4.37. The van der Waals surface area contributed by atoms with E-state index in [1.807, 2.05) is 30.0 Å². The first-order chi connectivity index (χ1) is 9.75. The van der Waals surface area contributed by atoms with E-state index in [-0.39, 0.29) is 18.1 Å². The number of rotatable bonds is 3. The lowest BCUT2D eigenvalue weighted by atomic mass is 10.0. The summed E-state index contributed by atoms with van der Waals surface area (Å²) >= 11 is 0. The van der Waals surface area contributed by atoms with E-state index in [4.69, 9.17) is 4.74 Å². The van der Waals surface area contributed by atoms with Gasteiger partial charge in [0.1, 0.15) is 6.17 Å². The van der Waals surface area contributed by atoms with Gasteiger partial charge >= 0.3 is 0 Å². The molecule has 108 valence electrons. The zero-order valence-corrected chi connectivity index (χ0v) is 11.9. The molecule has 0 radical (unpaired) electrons. The minimum Gasteiger partial charge on any atom is -0.381 e. The van der Waals surface area contributed by atoms with Crippen LogP contribution in [0, 0.1) is 5.92 Å². The molecule has 0 aliphatic carbocycles. The standard InChI is InChI=1S/C16H22N2O2/c1-12-16(19)18(10-13-6-5-9-20-11-13)15(17-12)14-7-3-2-4-8-14/h2-4,7-8,12-13,15,17H,5-6,9-11H2,1H3. The van der Waals surface area contributed by atoms with Gasteiger partial charge < -0.3 is 9.64 Å². The van der Waals surface area contributed by atoms with Crippen LogP contribution in [0.3, 0.4) is 0 Å². The van der Waals surface area contributed by atoms with Crippen LogP contribution in [0.25, 0.3) is 0 Å². The van der Waals surface area contributed by atoms with Crippen LogP contribution in [0.4, 0.5) is 0 Å². The molecule has 2 fully saturated rings. The molecule has 1 aromatic rings. The van der Waals surface area contributed by atoms with Crippen molar-refractivity contribution in [1.82, 2.24) is 10.2 Å². The van der Waals surface area contributed by atoms with Crippen molar-refractivity contribution in [1.29, 1.82) is 0 Å². The van der Waals surface area contributed by atoms with E-state index in [9.17, 15) is 4.79 Å². The van der Waals surface area contributed by atoms with Crippen LogP contribution in [0.1, 0.15) is 31.5 Å². The minimum atomic E-state index is -0.107. The van der Waals surface area contributed by atoms with Gasteiger partial charge in [-0.1, -0.05) is 30.3 Å². The summed E-state index contributed by atoms with van der Waals surface area (Å²) in [6.07, 6.45) is 2.26. The largest absolute Gasteiger partial charge is 0.381 e. The van der Waals surface area contributed by atoms with Gasteiger partial charge in [-0.2, -0.15) is 0 Å². The molecular weight excluding hydrogens is 252 g/mol. The second-order valence-electron chi connectivity index (χ2n) is 5.78. The first-order valence-corrected chi connectivity index (χ1v) is 7.45. The predicted octanol–water partition coefficient (Wildman–Crippen LogP) is 1.93. The van der Waals surface area contributed by atoms with Crippen LogP contribution in [-0.4, -0.2) is 36.6 Å². The first kappa shape index (κ1) is 13.6. The van der Waals surface area contributed by atoms with Gasteiger partial charge in [0.05, 0.1) is 12.6 Å². The SMILES string of the molecule is CC1NC(c2ccccc2)N(CC2CCCOC2)C1=O. The lowest BCUT2D eigenvalue weighted by Gasteiger charge is -2.30. The van der Waals surface area contributed by atoms with E-state index < -0.39 is 0 Å². The fraction of sp³-hybridized carbons (Fsp3) is 0.562. The van der Waals surface area contributed by atoms with E-state index >= 15 is 0 Å². The Bertz CT molecular complexity index is 457. The summed E-state index contributed by atoms with van der Waals surface area (Å²) < 4.78 is 5.54. The normalized spacial score (nSPS) is 30.8. The molecule has 3 unspecified atom stereocenters. The van der Waals surface area contributed by atoms with Gasteiger partial charge in [-0.25, -0.2) is 0 Å². The Balaban J connectivity index is 1.76. The van der Waals surface area contributed by atoms with Crippen molar-refractivity contribution in [3.05, 3.63) is 35.9 Å². The smallest absolute Gasteiger partial charge is 0.241 e. The molecule has 0 spiro atoms. The van der Waals surface area contributed by atoms with Gasteiger partial charge in [0.25, 0.3) is 0 Å². The van der Waals surface area contributed by atoms with Crippen LogP contribution in [0.5, 0.6) is 0 Å². The van der Waals surface area contributed by atoms with Crippen LogP contribution < -0.4 is 5.32 Å². The Morgan fingerprint density at radius 1 is 1.35 bits per heavy atom. The second-order valence-corrected chi connectivity index (χ2v) is 5.78. The molecule has 4 heteroatoms. The fourth-order valence-electron chi connectivity index (χ4n) is 3.11. The molecule has 1 aromatic carbocycles. The number of benzene rings is 1. The maximum absolute atomic E-state index is 12.4. The average Bonchev–Trinajstić information content (AvgIpc) is 2.78. The number of nitrogens with zero attached hydrogens (tertiary/aromatic N) is 1. The number of carbonyl (C=O) groups excluding carboxylic acids is 1. The maximum atomic E-state index is 12.4. The summed E-state index contributed by atoms with van der Waals surface area (Å²) in [6, 6.07) is 10.1. The third-order valence-electron chi connectivity index (χ3n) is 4.20.